The number of aromatic amines is 1. The molecule has 1 unspecified atom stereocenters. The minimum absolute atomic E-state index is 0.0522. The highest BCUT2D eigenvalue weighted by molar-refractivity contribution is 5.79. The maximum absolute atomic E-state index is 11.3. The maximum Gasteiger partial charge on any atom is 0.305 e. The van der Waals surface area contributed by atoms with E-state index in [-0.39, 0.29) is 12.0 Å². The first-order chi connectivity index (χ1) is 9.20. The number of H-pyrrole nitrogens is 1. The smallest absolute Gasteiger partial charge is 0.305 e. The third-order valence-electron chi connectivity index (χ3n) is 3.04. The minimum Gasteiger partial charge on any atom is -0.466 e. The molecular weight excluding hydrogens is 242 g/mol. The Morgan fingerprint density at radius 2 is 2.42 bits per heavy atom. The summed E-state index contributed by atoms with van der Waals surface area (Å²) in [5.41, 5.74) is 8.07. The Hall–Kier alpha value is -1.88. The minimum atomic E-state index is -0.182. The summed E-state index contributed by atoms with van der Waals surface area (Å²) in [4.78, 5) is 18.6. The van der Waals surface area contributed by atoms with E-state index in [1.54, 1.807) is 13.1 Å². The molecule has 5 heteroatoms. The lowest BCUT2D eigenvalue weighted by Gasteiger charge is -2.10. The van der Waals surface area contributed by atoms with Crippen molar-refractivity contribution in [2.45, 2.75) is 32.2 Å². The van der Waals surface area contributed by atoms with Crippen LogP contribution in [0.1, 0.15) is 25.3 Å². The summed E-state index contributed by atoms with van der Waals surface area (Å²) in [6, 6.07) is 3.87. The highest BCUT2D eigenvalue weighted by Gasteiger charge is 2.11. The fourth-order valence-corrected chi connectivity index (χ4v) is 2.10. The number of rotatable bonds is 6. The van der Waals surface area contributed by atoms with Crippen molar-refractivity contribution in [2.75, 3.05) is 6.61 Å². The molecule has 0 fully saturated rings. The Balaban J connectivity index is 1.92. The van der Waals surface area contributed by atoms with Gasteiger partial charge in [0.1, 0.15) is 5.65 Å². The zero-order valence-electron chi connectivity index (χ0n) is 11.1. The van der Waals surface area contributed by atoms with Gasteiger partial charge in [-0.2, -0.15) is 0 Å². The second-order valence-corrected chi connectivity index (χ2v) is 4.52. The molecule has 0 aliphatic carbocycles. The van der Waals surface area contributed by atoms with Crippen molar-refractivity contribution >= 4 is 17.0 Å². The first kappa shape index (κ1) is 13.5. The van der Waals surface area contributed by atoms with E-state index in [0.29, 0.717) is 19.4 Å². The van der Waals surface area contributed by atoms with Gasteiger partial charge in [0.2, 0.25) is 0 Å². The van der Waals surface area contributed by atoms with Gasteiger partial charge in [0.25, 0.3) is 0 Å². The number of hydrogen-bond acceptors (Lipinski definition) is 4. The Morgan fingerprint density at radius 1 is 1.58 bits per heavy atom. The lowest BCUT2D eigenvalue weighted by Crippen LogP contribution is -2.24. The number of ether oxygens (including phenoxy) is 1. The van der Waals surface area contributed by atoms with Gasteiger partial charge in [-0.3, -0.25) is 4.79 Å². The fraction of sp³-hybridized carbons (Fsp3) is 0.429. The van der Waals surface area contributed by atoms with Crippen molar-refractivity contribution in [1.29, 1.82) is 0 Å². The van der Waals surface area contributed by atoms with Crippen LogP contribution in [-0.2, 0) is 16.0 Å². The summed E-state index contributed by atoms with van der Waals surface area (Å²) < 4.78 is 4.89. The van der Waals surface area contributed by atoms with Gasteiger partial charge in [-0.1, -0.05) is 0 Å². The van der Waals surface area contributed by atoms with Gasteiger partial charge < -0.3 is 15.5 Å². The molecule has 0 amide bonds. The SMILES string of the molecule is CCOC(=O)CCC(N)Cc1c[nH]c2ncccc12. The van der Waals surface area contributed by atoms with Crippen molar-refractivity contribution < 1.29 is 9.53 Å². The molecule has 2 heterocycles. The first-order valence-corrected chi connectivity index (χ1v) is 6.53. The zero-order chi connectivity index (χ0) is 13.7. The zero-order valence-corrected chi connectivity index (χ0v) is 11.1. The van der Waals surface area contributed by atoms with E-state index < -0.39 is 0 Å². The number of nitrogens with one attached hydrogen (secondary N) is 1. The van der Waals surface area contributed by atoms with E-state index in [1.807, 2.05) is 18.3 Å². The third kappa shape index (κ3) is 3.54. The number of nitrogens with two attached hydrogens (primary N) is 1. The van der Waals surface area contributed by atoms with Crippen LogP contribution in [0.3, 0.4) is 0 Å². The lowest BCUT2D eigenvalue weighted by atomic mass is 10.0. The quantitative estimate of drug-likeness (QED) is 0.777. The van der Waals surface area contributed by atoms with E-state index in [1.165, 1.54) is 0 Å². The molecule has 0 spiro atoms. The van der Waals surface area contributed by atoms with Crippen LogP contribution in [0.5, 0.6) is 0 Å². The van der Waals surface area contributed by atoms with Gasteiger partial charge >= 0.3 is 5.97 Å². The Kier molecular flexibility index (Phi) is 4.52. The summed E-state index contributed by atoms with van der Waals surface area (Å²) in [6.07, 6.45) is 5.41. The van der Waals surface area contributed by atoms with E-state index in [2.05, 4.69) is 9.97 Å². The molecule has 2 aromatic heterocycles. The highest BCUT2D eigenvalue weighted by atomic mass is 16.5. The van der Waals surface area contributed by atoms with Gasteiger partial charge in [0.15, 0.2) is 0 Å². The normalized spacial score (nSPS) is 12.5. The van der Waals surface area contributed by atoms with Crippen LogP contribution in [-0.4, -0.2) is 28.6 Å². The number of aromatic nitrogens is 2. The van der Waals surface area contributed by atoms with Gasteiger partial charge in [0.05, 0.1) is 6.61 Å². The molecule has 2 rings (SSSR count). The molecule has 19 heavy (non-hydrogen) atoms. The van der Waals surface area contributed by atoms with Crippen LogP contribution in [0, 0.1) is 0 Å². The van der Waals surface area contributed by atoms with E-state index in [4.69, 9.17) is 10.5 Å². The standard InChI is InChI=1S/C14H19N3O2/c1-2-19-13(18)6-5-11(15)8-10-9-17-14-12(10)4-3-7-16-14/h3-4,7,9,11H,2,5-6,8,15H2,1H3,(H,16,17). The number of carbonyl (C=O) groups is 1. The molecule has 102 valence electrons. The summed E-state index contributed by atoms with van der Waals surface area (Å²) in [7, 11) is 0. The van der Waals surface area contributed by atoms with E-state index in [0.717, 1.165) is 23.0 Å². The van der Waals surface area contributed by atoms with E-state index in [9.17, 15) is 4.79 Å². The summed E-state index contributed by atoms with van der Waals surface area (Å²) in [6.45, 7) is 2.22. The number of fused-ring (bicyclic) bond motifs is 1. The van der Waals surface area contributed by atoms with Crippen molar-refractivity contribution in [3.63, 3.8) is 0 Å². The topological polar surface area (TPSA) is 81.0 Å². The molecule has 0 aliphatic heterocycles. The molecular formula is C14H19N3O2. The predicted octanol–water partition coefficient (Wildman–Crippen LogP) is 1.78. The Labute approximate surface area is 112 Å². The van der Waals surface area contributed by atoms with Crippen LogP contribution in [0.25, 0.3) is 11.0 Å². The molecule has 0 saturated heterocycles. The van der Waals surface area contributed by atoms with Crippen LogP contribution < -0.4 is 5.73 Å². The molecule has 0 bridgehead atoms. The second kappa shape index (κ2) is 6.33. The molecule has 0 aromatic carbocycles. The van der Waals surface area contributed by atoms with Crippen molar-refractivity contribution in [3.05, 3.63) is 30.1 Å². The summed E-state index contributed by atoms with van der Waals surface area (Å²) in [5.74, 6) is -0.182. The third-order valence-corrected chi connectivity index (χ3v) is 3.04. The summed E-state index contributed by atoms with van der Waals surface area (Å²) >= 11 is 0. The van der Waals surface area contributed by atoms with Crippen LogP contribution >= 0.6 is 0 Å². The highest BCUT2D eigenvalue weighted by Crippen LogP contribution is 2.17. The van der Waals surface area contributed by atoms with Gasteiger partial charge in [-0.25, -0.2) is 4.98 Å². The molecule has 0 aliphatic rings. The first-order valence-electron chi connectivity index (χ1n) is 6.53. The van der Waals surface area contributed by atoms with Crippen molar-refractivity contribution in [1.82, 2.24) is 9.97 Å². The maximum atomic E-state index is 11.3. The van der Waals surface area contributed by atoms with Gasteiger partial charge in [-0.15, -0.1) is 0 Å². The molecule has 3 N–H and O–H groups in total. The Bertz CT molecular complexity index is 550. The van der Waals surface area contributed by atoms with Crippen LogP contribution in [0.4, 0.5) is 0 Å². The van der Waals surface area contributed by atoms with E-state index >= 15 is 0 Å². The van der Waals surface area contributed by atoms with Crippen molar-refractivity contribution in [2.24, 2.45) is 5.73 Å². The summed E-state index contributed by atoms with van der Waals surface area (Å²) in [5, 5.41) is 1.09. The number of nitrogens with zero attached hydrogens (tertiary/aromatic N) is 1. The fourth-order valence-electron chi connectivity index (χ4n) is 2.10. The molecule has 5 nitrogen and oxygen atoms in total. The average molecular weight is 261 g/mol. The predicted molar refractivity (Wildman–Crippen MR) is 73.6 cm³/mol. The lowest BCUT2D eigenvalue weighted by molar-refractivity contribution is -0.143. The van der Waals surface area contributed by atoms with Crippen LogP contribution in [0.2, 0.25) is 0 Å². The molecule has 1 atom stereocenters. The monoisotopic (exact) mass is 261 g/mol. The molecule has 0 radical (unpaired) electrons. The van der Waals surface area contributed by atoms with Crippen molar-refractivity contribution in [3.8, 4) is 0 Å². The largest absolute Gasteiger partial charge is 0.466 e. The second-order valence-electron chi connectivity index (χ2n) is 4.52. The average Bonchev–Trinajstić information content (AvgIpc) is 2.80. The van der Waals surface area contributed by atoms with Crippen LogP contribution in [0.15, 0.2) is 24.5 Å². The van der Waals surface area contributed by atoms with Gasteiger partial charge in [-0.05, 0) is 37.5 Å². The molecule has 2 aromatic rings. The Morgan fingerprint density at radius 3 is 3.21 bits per heavy atom. The van der Waals surface area contributed by atoms with Gasteiger partial charge in [0, 0.05) is 30.2 Å². The number of carbonyl (C=O) groups excluding carboxylic acids is 1. The molecule has 0 saturated carbocycles. The number of hydrogen-bond donors (Lipinski definition) is 2. The number of pyridine rings is 1. The number of esters is 1.